The molecule has 0 saturated carbocycles. The van der Waals surface area contributed by atoms with E-state index >= 15 is 0 Å². The second-order valence-electron chi connectivity index (χ2n) is 7.07. The first-order chi connectivity index (χ1) is 13.7. The van der Waals surface area contributed by atoms with Gasteiger partial charge in [0.05, 0.1) is 18.8 Å². The van der Waals surface area contributed by atoms with Gasteiger partial charge in [-0.2, -0.15) is 0 Å². The Balaban J connectivity index is 1.53. The summed E-state index contributed by atoms with van der Waals surface area (Å²) in [6.45, 7) is 4.72. The van der Waals surface area contributed by atoms with Gasteiger partial charge in [0.25, 0.3) is 0 Å². The van der Waals surface area contributed by atoms with Crippen molar-refractivity contribution in [1.29, 1.82) is 0 Å². The fraction of sp³-hybridized carbons (Fsp3) is 0.250. The predicted octanol–water partition coefficient (Wildman–Crippen LogP) is 4.57. The molecular weight excluding hydrogens is 350 g/mol. The summed E-state index contributed by atoms with van der Waals surface area (Å²) in [5.74, 6) is 0.740. The summed E-state index contributed by atoms with van der Waals surface area (Å²) < 4.78 is 12.1. The molecular formula is C24H25NO3. The topological polar surface area (TPSA) is 41.9 Å². The number of hydrogen-bond acceptors (Lipinski definition) is 4. The summed E-state index contributed by atoms with van der Waals surface area (Å²) in [5.41, 5.74) is 2.63. The van der Waals surface area contributed by atoms with Crippen molar-refractivity contribution < 1.29 is 14.6 Å². The maximum absolute atomic E-state index is 10.0. The highest BCUT2D eigenvalue weighted by Gasteiger charge is 2.30. The van der Waals surface area contributed by atoms with Crippen LogP contribution in [-0.2, 0) is 10.3 Å². The smallest absolute Gasteiger partial charge is 0.184 e. The first-order valence-electron chi connectivity index (χ1n) is 9.63. The van der Waals surface area contributed by atoms with Crippen molar-refractivity contribution in [2.45, 2.75) is 12.5 Å². The van der Waals surface area contributed by atoms with Crippen LogP contribution in [-0.4, -0.2) is 31.4 Å². The number of rotatable bonds is 6. The number of hydrogen-bond donors (Lipinski definition) is 1. The van der Waals surface area contributed by atoms with E-state index in [9.17, 15) is 5.11 Å². The Labute approximate surface area is 166 Å². The zero-order valence-corrected chi connectivity index (χ0v) is 16.0. The Morgan fingerprint density at radius 2 is 1.57 bits per heavy atom. The Kier molecular flexibility index (Phi) is 5.22. The predicted molar refractivity (Wildman–Crippen MR) is 111 cm³/mol. The molecule has 4 rings (SSSR count). The van der Waals surface area contributed by atoms with E-state index in [-0.39, 0.29) is 5.75 Å². The maximum Gasteiger partial charge on any atom is 0.184 e. The lowest BCUT2D eigenvalue weighted by Gasteiger charge is -2.35. The molecule has 3 aromatic carbocycles. The van der Waals surface area contributed by atoms with Crippen LogP contribution in [0.25, 0.3) is 0 Å². The molecule has 1 heterocycles. The molecule has 1 aliphatic heterocycles. The molecule has 0 fully saturated rings. The van der Waals surface area contributed by atoms with Crippen LogP contribution < -0.4 is 9.64 Å². The third-order valence-corrected chi connectivity index (χ3v) is 5.32. The molecule has 3 aromatic rings. The quantitative estimate of drug-likeness (QED) is 0.685. The van der Waals surface area contributed by atoms with Crippen LogP contribution in [0.3, 0.4) is 0 Å². The Morgan fingerprint density at radius 1 is 0.929 bits per heavy atom. The fourth-order valence-electron chi connectivity index (χ4n) is 3.73. The molecule has 28 heavy (non-hydrogen) atoms. The van der Waals surface area contributed by atoms with Crippen LogP contribution in [0.15, 0.2) is 78.9 Å². The molecule has 0 amide bonds. The molecule has 0 atom stereocenters. The molecule has 0 radical (unpaired) electrons. The molecule has 4 nitrogen and oxygen atoms in total. The third-order valence-electron chi connectivity index (χ3n) is 5.32. The monoisotopic (exact) mass is 375 g/mol. The summed E-state index contributed by atoms with van der Waals surface area (Å²) in [5, 5.41) is 10.0. The van der Waals surface area contributed by atoms with E-state index < -0.39 is 5.60 Å². The summed E-state index contributed by atoms with van der Waals surface area (Å²) in [6.07, 6.45) is 0. The van der Waals surface area contributed by atoms with Crippen molar-refractivity contribution in [2.75, 3.05) is 31.2 Å². The van der Waals surface area contributed by atoms with Crippen molar-refractivity contribution in [3.05, 3.63) is 90.0 Å². The van der Waals surface area contributed by atoms with Gasteiger partial charge in [-0.25, -0.2) is 0 Å². The summed E-state index contributed by atoms with van der Waals surface area (Å²) in [4.78, 5) is 2.20. The molecule has 0 saturated heterocycles. The van der Waals surface area contributed by atoms with Gasteiger partial charge in [-0.15, -0.1) is 0 Å². The second kappa shape index (κ2) is 7.95. The number of nitrogens with zero attached hydrogens (tertiary/aromatic N) is 1. The number of anilines is 1. The first kappa shape index (κ1) is 18.4. The van der Waals surface area contributed by atoms with Crippen molar-refractivity contribution in [3.63, 3.8) is 0 Å². The van der Waals surface area contributed by atoms with Gasteiger partial charge in [-0.3, -0.25) is 0 Å². The molecule has 144 valence electrons. The first-order valence-corrected chi connectivity index (χ1v) is 9.63. The molecule has 1 N–H and O–H groups in total. The van der Waals surface area contributed by atoms with Crippen molar-refractivity contribution in [2.24, 2.45) is 0 Å². The minimum atomic E-state index is -0.531. The summed E-state index contributed by atoms with van der Waals surface area (Å²) >= 11 is 0. The minimum absolute atomic E-state index is 0.182. The van der Waals surface area contributed by atoms with Crippen LogP contribution in [0.2, 0.25) is 0 Å². The number of fused-ring (bicyclic) bond motifs is 1. The second-order valence-corrected chi connectivity index (χ2v) is 7.07. The zero-order chi connectivity index (χ0) is 19.4. The zero-order valence-electron chi connectivity index (χ0n) is 16.0. The van der Waals surface area contributed by atoms with Gasteiger partial charge in [0.1, 0.15) is 12.2 Å². The number of para-hydroxylation sites is 1. The van der Waals surface area contributed by atoms with E-state index in [1.54, 1.807) is 6.07 Å². The number of phenolic OH excluding ortho intramolecular Hbond substituents is 1. The van der Waals surface area contributed by atoms with Crippen molar-refractivity contribution >= 4 is 5.69 Å². The molecule has 0 unspecified atom stereocenters. The van der Waals surface area contributed by atoms with Gasteiger partial charge in [-0.1, -0.05) is 66.7 Å². The number of phenols is 1. The van der Waals surface area contributed by atoms with E-state index in [4.69, 9.17) is 9.47 Å². The lowest BCUT2D eigenvalue weighted by molar-refractivity contribution is -0.000285. The van der Waals surface area contributed by atoms with E-state index in [0.717, 1.165) is 29.9 Å². The van der Waals surface area contributed by atoms with Gasteiger partial charge < -0.3 is 19.5 Å². The van der Waals surface area contributed by atoms with Crippen LogP contribution in [0.4, 0.5) is 5.69 Å². The highest BCUT2D eigenvalue weighted by molar-refractivity contribution is 5.65. The van der Waals surface area contributed by atoms with E-state index in [0.29, 0.717) is 19.0 Å². The average molecular weight is 375 g/mol. The number of aromatic hydroxyl groups is 1. The van der Waals surface area contributed by atoms with Gasteiger partial charge in [-0.05, 0) is 30.2 Å². The highest BCUT2D eigenvalue weighted by Crippen LogP contribution is 2.39. The van der Waals surface area contributed by atoms with Crippen molar-refractivity contribution in [3.8, 4) is 11.5 Å². The summed E-state index contributed by atoms with van der Waals surface area (Å²) in [7, 11) is 0. The van der Waals surface area contributed by atoms with Crippen LogP contribution in [0.1, 0.15) is 18.1 Å². The lowest BCUT2D eigenvalue weighted by Crippen LogP contribution is -2.37. The van der Waals surface area contributed by atoms with Gasteiger partial charge in [0, 0.05) is 6.54 Å². The van der Waals surface area contributed by atoms with Crippen LogP contribution >= 0.6 is 0 Å². The van der Waals surface area contributed by atoms with Gasteiger partial charge in [0.15, 0.2) is 11.5 Å². The fourth-order valence-corrected chi connectivity index (χ4v) is 3.73. The Bertz CT molecular complexity index is 872. The lowest BCUT2D eigenvalue weighted by atomic mass is 9.88. The maximum atomic E-state index is 10.0. The van der Waals surface area contributed by atoms with E-state index in [2.05, 4.69) is 36.1 Å². The molecule has 1 aliphatic rings. The largest absolute Gasteiger partial charge is 0.504 e. The summed E-state index contributed by atoms with van der Waals surface area (Å²) in [6, 6.07) is 26.1. The third kappa shape index (κ3) is 3.56. The number of ether oxygens (including phenoxy) is 2. The van der Waals surface area contributed by atoms with Crippen molar-refractivity contribution in [1.82, 2.24) is 0 Å². The number of benzene rings is 3. The highest BCUT2D eigenvalue weighted by atomic mass is 16.5. The molecule has 0 aliphatic carbocycles. The SMILES string of the molecule is CC(OCCN1CCOc2c(O)cccc21)(c1ccccc1)c1ccccc1. The van der Waals surface area contributed by atoms with Crippen LogP contribution in [0, 0.1) is 0 Å². The minimum Gasteiger partial charge on any atom is -0.504 e. The molecule has 0 aromatic heterocycles. The van der Waals surface area contributed by atoms with E-state index in [1.165, 1.54) is 0 Å². The van der Waals surface area contributed by atoms with Crippen LogP contribution in [0.5, 0.6) is 11.5 Å². The average Bonchev–Trinajstić information content (AvgIpc) is 2.75. The Morgan fingerprint density at radius 3 is 2.21 bits per heavy atom. The van der Waals surface area contributed by atoms with E-state index in [1.807, 2.05) is 48.5 Å². The molecule has 0 bridgehead atoms. The standard InChI is InChI=1S/C24H25NO3/c1-24(19-9-4-2-5-10-19,20-11-6-3-7-12-20)28-18-16-25-15-17-27-23-21(25)13-8-14-22(23)26/h2-14,26H,15-18H2,1H3. The Hall–Kier alpha value is -2.98. The normalized spacial score (nSPS) is 13.7. The molecule has 0 spiro atoms. The van der Waals surface area contributed by atoms with Gasteiger partial charge in [0.2, 0.25) is 0 Å². The van der Waals surface area contributed by atoms with Gasteiger partial charge >= 0.3 is 0 Å². The molecule has 4 heteroatoms.